The van der Waals surface area contributed by atoms with Gasteiger partial charge < -0.3 is 4.90 Å². The molecule has 2 atom stereocenters. The van der Waals surface area contributed by atoms with Crippen molar-refractivity contribution in [2.24, 2.45) is 17.3 Å². The van der Waals surface area contributed by atoms with E-state index in [0.29, 0.717) is 5.41 Å². The first-order chi connectivity index (χ1) is 6.82. The van der Waals surface area contributed by atoms with Crippen molar-refractivity contribution in [3.63, 3.8) is 0 Å². The third kappa shape index (κ3) is 3.79. The predicted octanol–water partition coefficient (Wildman–Crippen LogP) is 3.79. The number of rotatable bonds is 2. The minimum Gasteiger partial charge on any atom is -0.303 e. The fourth-order valence-electron chi connectivity index (χ4n) is 3.08. The Bertz CT molecular complexity index is 196. The summed E-state index contributed by atoms with van der Waals surface area (Å²) in [4.78, 5) is 2.60. The number of hydrogen-bond donors (Lipinski definition) is 0. The van der Waals surface area contributed by atoms with Gasteiger partial charge in [0.25, 0.3) is 0 Å². The molecule has 1 rings (SSSR count). The number of likely N-dealkylation sites (tertiary alicyclic amines) is 1. The third-order valence-corrected chi connectivity index (χ3v) is 3.95. The minimum atomic E-state index is 0.541. The lowest BCUT2D eigenvalue weighted by Crippen LogP contribution is -2.36. The zero-order valence-electron chi connectivity index (χ0n) is 11.5. The topological polar surface area (TPSA) is 3.24 Å². The maximum Gasteiger partial charge on any atom is 0.0120 e. The minimum absolute atomic E-state index is 0.541. The maximum absolute atomic E-state index is 2.60. The maximum atomic E-state index is 2.60. The molecule has 0 saturated carbocycles. The van der Waals surface area contributed by atoms with Crippen LogP contribution in [0.5, 0.6) is 0 Å². The average molecular weight is 211 g/mol. The highest BCUT2D eigenvalue weighted by atomic mass is 15.1. The molecule has 0 aromatic carbocycles. The van der Waals surface area contributed by atoms with Crippen LogP contribution in [0, 0.1) is 17.3 Å². The van der Waals surface area contributed by atoms with Gasteiger partial charge in [0.1, 0.15) is 0 Å². The van der Waals surface area contributed by atoms with Gasteiger partial charge in [0, 0.05) is 6.04 Å². The van der Waals surface area contributed by atoms with Crippen LogP contribution in [-0.4, -0.2) is 24.5 Å². The van der Waals surface area contributed by atoms with Crippen molar-refractivity contribution in [2.45, 2.75) is 59.9 Å². The van der Waals surface area contributed by atoms with Crippen LogP contribution < -0.4 is 0 Å². The fraction of sp³-hybridized carbons (Fsp3) is 1.00. The highest BCUT2D eigenvalue weighted by Crippen LogP contribution is 2.36. The quantitative estimate of drug-likeness (QED) is 0.672. The molecule has 1 aliphatic rings. The van der Waals surface area contributed by atoms with E-state index >= 15 is 0 Å². The second-order valence-electron chi connectivity index (χ2n) is 6.77. The van der Waals surface area contributed by atoms with Crippen molar-refractivity contribution in [3.8, 4) is 0 Å². The zero-order valence-corrected chi connectivity index (χ0v) is 11.5. The average Bonchev–Trinajstić information content (AvgIpc) is 2.16. The van der Waals surface area contributed by atoms with Crippen LogP contribution in [0.1, 0.15) is 53.9 Å². The molecule has 0 aromatic heterocycles. The first kappa shape index (κ1) is 13.0. The second-order valence-corrected chi connectivity index (χ2v) is 6.77. The molecule has 1 saturated heterocycles. The van der Waals surface area contributed by atoms with E-state index in [1.165, 1.54) is 25.8 Å². The Kier molecular flexibility index (Phi) is 4.22. The summed E-state index contributed by atoms with van der Waals surface area (Å²) in [6.45, 7) is 13.3. The molecule has 0 aliphatic carbocycles. The lowest BCUT2D eigenvalue weighted by Gasteiger charge is -2.32. The van der Waals surface area contributed by atoms with E-state index in [0.717, 1.165) is 17.9 Å². The van der Waals surface area contributed by atoms with Gasteiger partial charge in [-0.05, 0) is 50.1 Å². The Hall–Kier alpha value is -0.0400. The molecule has 15 heavy (non-hydrogen) atoms. The van der Waals surface area contributed by atoms with Gasteiger partial charge in [-0.1, -0.05) is 34.6 Å². The van der Waals surface area contributed by atoms with Crippen molar-refractivity contribution < 1.29 is 0 Å². The van der Waals surface area contributed by atoms with Gasteiger partial charge in [0.15, 0.2) is 0 Å². The van der Waals surface area contributed by atoms with Crippen molar-refractivity contribution in [1.29, 1.82) is 0 Å². The van der Waals surface area contributed by atoms with Gasteiger partial charge in [-0.3, -0.25) is 0 Å². The van der Waals surface area contributed by atoms with E-state index in [1.807, 2.05) is 0 Å². The molecule has 1 heterocycles. The summed E-state index contributed by atoms with van der Waals surface area (Å²) < 4.78 is 0. The molecule has 0 bridgehead atoms. The Morgan fingerprint density at radius 1 is 1.33 bits per heavy atom. The molecule has 1 heteroatoms. The summed E-state index contributed by atoms with van der Waals surface area (Å²) in [5, 5.41) is 0. The molecular formula is C14H29N. The molecule has 90 valence electrons. The highest BCUT2D eigenvalue weighted by Gasteiger charge is 2.32. The highest BCUT2D eigenvalue weighted by molar-refractivity contribution is 4.86. The van der Waals surface area contributed by atoms with Crippen molar-refractivity contribution in [3.05, 3.63) is 0 Å². The van der Waals surface area contributed by atoms with E-state index in [2.05, 4.69) is 46.6 Å². The van der Waals surface area contributed by atoms with Crippen LogP contribution in [0.2, 0.25) is 0 Å². The van der Waals surface area contributed by atoms with E-state index < -0.39 is 0 Å². The summed E-state index contributed by atoms with van der Waals surface area (Å²) in [5.74, 6) is 1.66. The van der Waals surface area contributed by atoms with Gasteiger partial charge >= 0.3 is 0 Å². The Balaban J connectivity index is 2.68. The number of hydrogen-bond acceptors (Lipinski definition) is 1. The first-order valence-corrected chi connectivity index (χ1v) is 6.52. The Morgan fingerprint density at radius 2 is 1.93 bits per heavy atom. The smallest absolute Gasteiger partial charge is 0.0120 e. The SMILES string of the molecule is CC(C)CC1C(C)CC(C)(C)CCN1C. The van der Waals surface area contributed by atoms with Crippen LogP contribution in [-0.2, 0) is 0 Å². The predicted molar refractivity (Wildman–Crippen MR) is 68.1 cm³/mol. The molecule has 0 N–H and O–H groups in total. The van der Waals surface area contributed by atoms with Gasteiger partial charge in [-0.25, -0.2) is 0 Å². The van der Waals surface area contributed by atoms with Crippen molar-refractivity contribution >= 4 is 0 Å². The largest absolute Gasteiger partial charge is 0.303 e. The Morgan fingerprint density at radius 3 is 2.47 bits per heavy atom. The molecular weight excluding hydrogens is 182 g/mol. The lowest BCUT2D eigenvalue weighted by atomic mass is 9.79. The van der Waals surface area contributed by atoms with Crippen LogP contribution in [0.25, 0.3) is 0 Å². The normalized spacial score (nSPS) is 33.0. The van der Waals surface area contributed by atoms with Crippen LogP contribution >= 0.6 is 0 Å². The standard InChI is InChI=1S/C14H29N/c1-11(2)9-13-12(3)10-14(4,5)7-8-15(13)6/h11-13H,7-10H2,1-6H3. The molecule has 0 spiro atoms. The van der Waals surface area contributed by atoms with E-state index in [9.17, 15) is 0 Å². The van der Waals surface area contributed by atoms with Gasteiger partial charge in [0.05, 0.1) is 0 Å². The van der Waals surface area contributed by atoms with E-state index in [4.69, 9.17) is 0 Å². The molecule has 1 fully saturated rings. The third-order valence-electron chi connectivity index (χ3n) is 3.95. The summed E-state index contributed by atoms with van der Waals surface area (Å²) >= 11 is 0. The molecule has 1 nitrogen and oxygen atoms in total. The van der Waals surface area contributed by atoms with Gasteiger partial charge in [-0.2, -0.15) is 0 Å². The first-order valence-electron chi connectivity index (χ1n) is 6.52. The summed E-state index contributed by atoms with van der Waals surface area (Å²) in [5.41, 5.74) is 0.541. The van der Waals surface area contributed by atoms with E-state index in [1.54, 1.807) is 0 Å². The molecule has 1 aliphatic heterocycles. The second kappa shape index (κ2) is 4.86. The monoisotopic (exact) mass is 211 g/mol. The fourth-order valence-corrected chi connectivity index (χ4v) is 3.08. The summed E-state index contributed by atoms with van der Waals surface area (Å²) in [6.07, 6.45) is 4.09. The molecule has 0 amide bonds. The molecule has 0 aromatic rings. The molecule has 2 unspecified atom stereocenters. The van der Waals surface area contributed by atoms with Crippen molar-refractivity contribution in [1.82, 2.24) is 4.90 Å². The molecule has 0 radical (unpaired) electrons. The van der Waals surface area contributed by atoms with E-state index in [-0.39, 0.29) is 0 Å². The number of nitrogens with zero attached hydrogens (tertiary/aromatic N) is 1. The summed E-state index contributed by atoms with van der Waals surface area (Å²) in [7, 11) is 2.31. The van der Waals surface area contributed by atoms with Gasteiger partial charge in [0.2, 0.25) is 0 Å². The lowest BCUT2D eigenvalue weighted by molar-refractivity contribution is 0.170. The van der Waals surface area contributed by atoms with Crippen LogP contribution in [0.15, 0.2) is 0 Å². The zero-order chi connectivity index (χ0) is 11.6. The van der Waals surface area contributed by atoms with Gasteiger partial charge in [-0.15, -0.1) is 0 Å². The van der Waals surface area contributed by atoms with Crippen LogP contribution in [0.3, 0.4) is 0 Å². The summed E-state index contributed by atoms with van der Waals surface area (Å²) in [6, 6.07) is 0.798. The Labute approximate surface area is 96.2 Å². The van der Waals surface area contributed by atoms with Crippen molar-refractivity contribution in [2.75, 3.05) is 13.6 Å². The van der Waals surface area contributed by atoms with Crippen LogP contribution in [0.4, 0.5) is 0 Å².